The molecule has 2 aromatic rings. The van der Waals surface area contributed by atoms with E-state index in [9.17, 15) is 4.79 Å². The van der Waals surface area contributed by atoms with Crippen LogP contribution in [0.4, 0.5) is 0 Å². The molecule has 142 valence electrons. The Bertz CT molecular complexity index is 778. The first-order valence-corrected chi connectivity index (χ1v) is 9.64. The number of hydrogen-bond acceptors (Lipinski definition) is 3. The van der Waals surface area contributed by atoms with Crippen LogP contribution >= 0.6 is 0 Å². The molecule has 0 N–H and O–H groups in total. The van der Waals surface area contributed by atoms with E-state index < -0.39 is 0 Å². The molecular weight excluding hydrogens is 336 g/mol. The Labute approximate surface area is 162 Å². The number of benzene rings is 2. The molecule has 27 heavy (non-hydrogen) atoms. The van der Waals surface area contributed by atoms with Crippen molar-refractivity contribution in [3.8, 4) is 5.75 Å². The summed E-state index contributed by atoms with van der Waals surface area (Å²) in [5.74, 6) is 0.963. The van der Waals surface area contributed by atoms with Gasteiger partial charge in [-0.15, -0.1) is 0 Å². The maximum atomic E-state index is 12.8. The molecule has 1 amide bonds. The standard InChI is InChI=1S/C23H28N2O2/c1-3-27-22-12-11-21(18-19(22)2)23(26)25-16-14-24(15-17-25)13-7-10-20-8-5-4-6-9-20/h4-12,18H,3,13-17H2,1-2H3/b10-7+. The summed E-state index contributed by atoms with van der Waals surface area (Å²) in [6, 6.07) is 16.0. The second kappa shape index (κ2) is 9.38. The van der Waals surface area contributed by atoms with E-state index in [1.807, 2.05) is 55.1 Å². The van der Waals surface area contributed by atoms with Gasteiger partial charge in [-0.05, 0) is 43.2 Å². The lowest BCUT2D eigenvalue weighted by molar-refractivity contribution is 0.0650. The van der Waals surface area contributed by atoms with E-state index in [0.29, 0.717) is 6.61 Å². The third-order valence-electron chi connectivity index (χ3n) is 4.85. The van der Waals surface area contributed by atoms with Crippen molar-refractivity contribution in [2.45, 2.75) is 13.8 Å². The summed E-state index contributed by atoms with van der Waals surface area (Å²) in [5.41, 5.74) is 2.97. The Morgan fingerprint density at radius 3 is 2.48 bits per heavy atom. The molecule has 4 heteroatoms. The van der Waals surface area contributed by atoms with Gasteiger partial charge in [0.25, 0.3) is 5.91 Å². The van der Waals surface area contributed by atoms with Gasteiger partial charge >= 0.3 is 0 Å². The van der Waals surface area contributed by atoms with Crippen molar-refractivity contribution in [3.05, 3.63) is 71.3 Å². The van der Waals surface area contributed by atoms with Gasteiger partial charge in [0, 0.05) is 38.3 Å². The summed E-state index contributed by atoms with van der Waals surface area (Å²) in [6.07, 6.45) is 4.35. The van der Waals surface area contributed by atoms with Crippen LogP contribution in [-0.4, -0.2) is 55.0 Å². The monoisotopic (exact) mass is 364 g/mol. The van der Waals surface area contributed by atoms with E-state index in [0.717, 1.165) is 49.6 Å². The summed E-state index contributed by atoms with van der Waals surface area (Å²) in [5, 5.41) is 0. The van der Waals surface area contributed by atoms with Crippen molar-refractivity contribution in [2.75, 3.05) is 39.3 Å². The van der Waals surface area contributed by atoms with Gasteiger partial charge in [0.05, 0.1) is 6.61 Å². The van der Waals surface area contributed by atoms with Crippen molar-refractivity contribution in [1.29, 1.82) is 0 Å². The van der Waals surface area contributed by atoms with Crippen molar-refractivity contribution in [2.24, 2.45) is 0 Å². The lowest BCUT2D eigenvalue weighted by Gasteiger charge is -2.34. The Balaban J connectivity index is 1.50. The number of ether oxygens (including phenoxy) is 1. The Morgan fingerprint density at radius 1 is 1.07 bits per heavy atom. The normalized spacial score (nSPS) is 15.3. The molecule has 0 unspecified atom stereocenters. The first-order chi connectivity index (χ1) is 13.2. The van der Waals surface area contributed by atoms with Crippen molar-refractivity contribution in [3.63, 3.8) is 0 Å². The number of piperazine rings is 1. The highest BCUT2D eigenvalue weighted by atomic mass is 16.5. The highest BCUT2D eigenvalue weighted by molar-refractivity contribution is 5.94. The second-order valence-electron chi connectivity index (χ2n) is 6.82. The highest BCUT2D eigenvalue weighted by Gasteiger charge is 2.22. The Kier molecular flexibility index (Phi) is 6.66. The number of amides is 1. The Morgan fingerprint density at radius 2 is 1.81 bits per heavy atom. The fraction of sp³-hybridized carbons (Fsp3) is 0.348. The topological polar surface area (TPSA) is 32.8 Å². The number of nitrogens with zero attached hydrogens (tertiary/aromatic N) is 2. The SMILES string of the molecule is CCOc1ccc(C(=O)N2CCN(C/C=C/c3ccccc3)CC2)cc1C. The van der Waals surface area contributed by atoms with E-state index >= 15 is 0 Å². The number of hydrogen-bond donors (Lipinski definition) is 0. The minimum absolute atomic E-state index is 0.112. The number of aryl methyl sites for hydroxylation is 1. The van der Waals surface area contributed by atoms with Crippen LogP contribution in [0.3, 0.4) is 0 Å². The quantitative estimate of drug-likeness (QED) is 0.780. The molecular formula is C23H28N2O2. The number of rotatable bonds is 6. The molecule has 1 aliphatic rings. The molecule has 1 fully saturated rings. The van der Waals surface area contributed by atoms with Crippen molar-refractivity contribution >= 4 is 12.0 Å². The lowest BCUT2D eigenvalue weighted by Crippen LogP contribution is -2.48. The zero-order chi connectivity index (χ0) is 19.1. The highest BCUT2D eigenvalue weighted by Crippen LogP contribution is 2.20. The van der Waals surface area contributed by atoms with Gasteiger partial charge in [0.15, 0.2) is 0 Å². The van der Waals surface area contributed by atoms with E-state index in [-0.39, 0.29) is 5.91 Å². The summed E-state index contributed by atoms with van der Waals surface area (Å²) < 4.78 is 5.56. The van der Waals surface area contributed by atoms with Crippen LogP contribution in [0.1, 0.15) is 28.4 Å². The van der Waals surface area contributed by atoms with Gasteiger partial charge in [-0.3, -0.25) is 9.69 Å². The molecule has 0 saturated carbocycles. The molecule has 0 atom stereocenters. The maximum absolute atomic E-state index is 12.8. The largest absolute Gasteiger partial charge is 0.494 e. The minimum atomic E-state index is 0.112. The first kappa shape index (κ1) is 19.2. The molecule has 4 nitrogen and oxygen atoms in total. The van der Waals surface area contributed by atoms with Gasteiger partial charge < -0.3 is 9.64 Å². The molecule has 0 radical (unpaired) electrons. The molecule has 2 aromatic carbocycles. The molecule has 0 aromatic heterocycles. The van der Waals surface area contributed by atoms with Crippen LogP contribution in [0, 0.1) is 6.92 Å². The number of carbonyl (C=O) groups excluding carboxylic acids is 1. The van der Waals surface area contributed by atoms with Crippen LogP contribution in [0.25, 0.3) is 6.08 Å². The average Bonchev–Trinajstić information content (AvgIpc) is 2.70. The van der Waals surface area contributed by atoms with E-state index in [1.54, 1.807) is 0 Å². The molecule has 1 saturated heterocycles. The summed E-state index contributed by atoms with van der Waals surface area (Å²) >= 11 is 0. The molecule has 3 rings (SSSR count). The van der Waals surface area contributed by atoms with Crippen molar-refractivity contribution in [1.82, 2.24) is 9.80 Å². The van der Waals surface area contributed by atoms with E-state index in [1.165, 1.54) is 5.56 Å². The predicted molar refractivity (Wildman–Crippen MR) is 110 cm³/mol. The molecule has 0 spiro atoms. The van der Waals surface area contributed by atoms with Crippen LogP contribution in [-0.2, 0) is 0 Å². The van der Waals surface area contributed by atoms with Gasteiger partial charge in [-0.2, -0.15) is 0 Å². The summed E-state index contributed by atoms with van der Waals surface area (Å²) in [6.45, 7) is 8.84. The summed E-state index contributed by atoms with van der Waals surface area (Å²) in [4.78, 5) is 17.1. The fourth-order valence-corrected chi connectivity index (χ4v) is 3.32. The molecule has 1 aliphatic heterocycles. The zero-order valence-corrected chi connectivity index (χ0v) is 16.2. The first-order valence-electron chi connectivity index (χ1n) is 9.64. The van der Waals surface area contributed by atoms with Crippen LogP contribution in [0.2, 0.25) is 0 Å². The lowest BCUT2D eigenvalue weighted by atomic mass is 10.1. The van der Waals surface area contributed by atoms with Gasteiger partial charge in [0.2, 0.25) is 0 Å². The smallest absolute Gasteiger partial charge is 0.253 e. The summed E-state index contributed by atoms with van der Waals surface area (Å²) in [7, 11) is 0. The van der Waals surface area contributed by atoms with Gasteiger partial charge in [-0.25, -0.2) is 0 Å². The van der Waals surface area contributed by atoms with Gasteiger partial charge in [-0.1, -0.05) is 42.5 Å². The second-order valence-corrected chi connectivity index (χ2v) is 6.82. The van der Waals surface area contributed by atoms with Crippen LogP contribution in [0.5, 0.6) is 5.75 Å². The third kappa shape index (κ3) is 5.20. The molecule has 0 bridgehead atoms. The zero-order valence-electron chi connectivity index (χ0n) is 16.2. The Hall–Kier alpha value is -2.59. The average molecular weight is 364 g/mol. The van der Waals surface area contributed by atoms with E-state index in [2.05, 4.69) is 29.2 Å². The van der Waals surface area contributed by atoms with Gasteiger partial charge in [0.1, 0.15) is 5.75 Å². The minimum Gasteiger partial charge on any atom is -0.494 e. The molecule has 0 aliphatic carbocycles. The van der Waals surface area contributed by atoms with E-state index in [4.69, 9.17) is 4.74 Å². The molecule has 1 heterocycles. The number of carbonyl (C=O) groups is 1. The predicted octanol–water partition coefficient (Wildman–Crippen LogP) is 3.86. The maximum Gasteiger partial charge on any atom is 0.253 e. The van der Waals surface area contributed by atoms with Crippen LogP contribution < -0.4 is 4.74 Å². The fourth-order valence-electron chi connectivity index (χ4n) is 3.32. The van der Waals surface area contributed by atoms with Crippen LogP contribution in [0.15, 0.2) is 54.6 Å². The van der Waals surface area contributed by atoms with Crippen molar-refractivity contribution < 1.29 is 9.53 Å². The third-order valence-corrected chi connectivity index (χ3v) is 4.85.